The Kier molecular flexibility index (Phi) is 1.50. The van der Waals surface area contributed by atoms with Gasteiger partial charge >= 0.3 is 242 Å². The summed E-state index contributed by atoms with van der Waals surface area (Å²) < 4.78 is 2.42. The third kappa shape index (κ3) is 0.464. The number of hydrogen-bond acceptors (Lipinski definition) is 0. The fraction of sp³-hybridized carbons (Fsp3) is 0.450. The molecule has 0 nitrogen and oxygen atoms in total. The Morgan fingerprint density at radius 3 is 1.71 bits per heavy atom. The molecule has 0 bridgehead atoms. The van der Waals surface area contributed by atoms with Gasteiger partial charge < -0.3 is 0 Å². The molecule has 10 saturated heterocycles. The Morgan fingerprint density at radius 1 is 0.571 bits per heavy atom. The van der Waals surface area contributed by atoms with Crippen molar-refractivity contribution in [2.45, 2.75) is 87.4 Å². The number of benzene rings is 5. The standard InChI is InChI=1S/C35H34P.C5H5.Fe/c1-34(2,3)30-20-29(32(33(30)36)35(4,5)6)31-25-14-10-9-13-23(25)19-28-26(31)16-15-24-17-21-11-7-8-12-22(21)18-27(24)28;1-2-4-5-3-1;/h7-20H,36H2,1-6H3;1-5H;. The van der Waals surface area contributed by atoms with Crippen LogP contribution in [0.3, 0.4) is 0 Å². The summed E-state index contributed by atoms with van der Waals surface area (Å²) in [4.78, 5) is 7.02. The zero-order chi connectivity index (χ0) is 28.2. The molecule has 10 fully saturated rings. The van der Waals surface area contributed by atoms with Crippen molar-refractivity contribution in [3.05, 3.63) is 84.4 Å². The number of hydrogen-bond donors (Lipinski definition) is 0. The summed E-state index contributed by atoms with van der Waals surface area (Å²) >= 11 is 0. The van der Waals surface area contributed by atoms with Gasteiger partial charge in [-0.15, -0.1) is 0 Å². The molecule has 10 aliphatic heterocycles. The fourth-order valence-corrected chi connectivity index (χ4v) is 121. The number of fused-ring (bicyclic) bond motifs is 15. The van der Waals surface area contributed by atoms with Crippen molar-refractivity contribution in [3.8, 4) is 0 Å². The molecular weight excluding hydrogens is 567 g/mol. The van der Waals surface area contributed by atoms with Crippen LogP contribution in [0.5, 0.6) is 0 Å². The second-order valence-corrected chi connectivity index (χ2v) is 44.5. The van der Waals surface area contributed by atoms with Crippen molar-refractivity contribution in [3.63, 3.8) is 0 Å². The summed E-state index contributed by atoms with van der Waals surface area (Å²) in [5.74, 6) is 0. The van der Waals surface area contributed by atoms with E-state index in [9.17, 15) is 0 Å². The van der Waals surface area contributed by atoms with Gasteiger partial charge in [-0.3, -0.25) is 0 Å². The Bertz CT molecular complexity index is 2780. The Balaban J connectivity index is 1.21. The maximum absolute atomic E-state index is 4.30. The summed E-state index contributed by atoms with van der Waals surface area (Å²) in [6.45, 7) is 12.0. The Labute approximate surface area is 240 Å². The van der Waals surface area contributed by atoms with Crippen molar-refractivity contribution < 1.29 is 6.51 Å². The molecule has 6 unspecified atom stereocenters. The maximum atomic E-state index is 3.91. The summed E-state index contributed by atoms with van der Waals surface area (Å²) in [5.41, 5.74) is 2.69. The van der Waals surface area contributed by atoms with Crippen LogP contribution < -0.4 is 0 Å². The molecule has 0 N–H and O–H groups in total. The van der Waals surface area contributed by atoms with E-state index >= 15 is 0 Å². The first-order valence-corrected chi connectivity index (χ1v) is 23.1. The molecule has 0 aromatic heterocycles. The second-order valence-electron chi connectivity index (χ2n) is 20.5. The first-order chi connectivity index (χ1) is 19.7. The number of rotatable bonds is 1. The zero-order valence-corrected chi connectivity index (χ0v) is 27.7. The predicted molar refractivity (Wildman–Crippen MR) is 177 cm³/mol. The van der Waals surface area contributed by atoms with E-state index in [1.807, 2.05) is 5.56 Å². The average Bonchev–Trinajstić information content (AvgIpc) is 3.89. The van der Waals surface area contributed by atoms with Crippen molar-refractivity contribution in [1.29, 1.82) is 0 Å². The van der Waals surface area contributed by atoms with Crippen LogP contribution in [0.4, 0.5) is 0 Å². The van der Waals surface area contributed by atoms with Crippen molar-refractivity contribution in [2.75, 3.05) is 0 Å². The van der Waals surface area contributed by atoms with Crippen molar-refractivity contribution in [1.82, 2.24) is 0 Å². The van der Waals surface area contributed by atoms with Gasteiger partial charge in [0.2, 0.25) is 0 Å². The third-order valence-corrected chi connectivity index (χ3v) is 72.7. The van der Waals surface area contributed by atoms with Crippen LogP contribution in [0.2, 0.25) is 37.5 Å². The van der Waals surface area contributed by atoms with E-state index in [1.54, 1.807) is 10.8 Å². The van der Waals surface area contributed by atoms with Crippen LogP contribution in [0.1, 0.15) is 47.1 Å². The molecule has 6 atom stereocenters. The van der Waals surface area contributed by atoms with E-state index in [0.717, 1.165) is 4.82 Å². The van der Waals surface area contributed by atoms with Crippen LogP contribution in [-0.4, -0.2) is 4.05 Å². The molecule has 5 aromatic carbocycles. The third-order valence-electron chi connectivity index (χ3n) is 22.5. The van der Waals surface area contributed by atoms with Gasteiger partial charge in [-0.2, -0.15) is 0 Å². The predicted octanol–water partition coefficient (Wildman–Crippen LogP) is 11.7. The fourth-order valence-electron chi connectivity index (χ4n) is 26.6. The molecule has 0 radical (unpaired) electrons. The quantitative estimate of drug-likeness (QED) is 0.0771. The summed E-state index contributed by atoms with van der Waals surface area (Å²) in [5, 5.41) is 11.8. The monoisotopic (exact) mass is 606 g/mol. The van der Waals surface area contributed by atoms with Crippen molar-refractivity contribution >= 4 is 52.3 Å². The average molecular weight is 607 g/mol. The van der Waals surface area contributed by atoms with Crippen LogP contribution in [0.15, 0.2) is 78.9 Å². The molecule has 2 heteroatoms. The van der Waals surface area contributed by atoms with Gasteiger partial charge in [-0.1, -0.05) is 0 Å². The molecule has 0 saturated carbocycles. The van der Waals surface area contributed by atoms with E-state index in [0.29, 0.717) is 27.8 Å². The van der Waals surface area contributed by atoms with E-state index in [1.165, 1.54) is 56.4 Å². The molecule has 0 aliphatic carbocycles. The van der Waals surface area contributed by atoms with Gasteiger partial charge in [-0.05, 0) is 0 Å². The van der Waals surface area contributed by atoms with E-state index in [4.69, 9.17) is 0 Å². The molecule has 0 amide bonds. The Hall–Kier alpha value is -1.91. The van der Waals surface area contributed by atoms with Crippen LogP contribution in [-0.2, 0) is 10.8 Å². The molecule has 10 heterocycles. The van der Waals surface area contributed by atoms with Crippen LogP contribution >= 0.6 is 9.24 Å². The van der Waals surface area contributed by atoms with Crippen LogP contribution in [0, 0.1) is 10.8 Å². The summed E-state index contributed by atoms with van der Waals surface area (Å²) in [6.07, 6.45) is 0. The summed E-state index contributed by atoms with van der Waals surface area (Å²) in [6, 6.07) is 31.2. The van der Waals surface area contributed by atoms with Gasteiger partial charge in [0, 0.05) is 0 Å². The van der Waals surface area contributed by atoms with Gasteiger partial charge in [0.1, 0.15) is 0 Å². The van der Waals surface area contributed by atoms with Crippen LogP contribution in [0.25, 0.3) is 43.1 Å². The Morgan fingerprint density at radius 2 is 1.12 bits per heavy atom. The van der Waals surface area contributed by atoms with Crippen molar-refractivity contribution in [2.24, 2.45) is 10.8 Å². The van der Waals surface area contributed by atoms with E-state index in [-0.39, 0.29) is 0 Å². The molecule has 15 rings (SSSR count). The normalized spacial score (nSPS) is 61.9. The first-order valence-electron chi connectivity index (χ1n) is 16.5. The van der Waals surface area contributed by atoms with Gasteiger partial charge in [0.15, 0.2) is 0 Å². The van der Waals surface area contributed by atoms with Gasteiger partial charge in [0.05, 0.1) is 0 Å². The second kappa shape index (κ2) is 3.02. The van der Waals surface area contributed by atoms with Gasteiger partial charge in [0.25, 0.3) is 0 Å². The molecular formula is C40H39FeP. The molecule has 212 valence electrons. The SMILES string of the molecule is CC(C)(C)[C]12[CH]3[C]4(c5c6ccccc6cc6c5ccc5cc7ccccc7cc56)[C]5(C(C)(C)C)[C]1(P)[Fe]34251678[CH]2[CH]1[CH]6[CH]7[CH]28. The molecule has 10 aliphatic rings. The van der Waals surface area contributed by atoms with E-state index in [2.05, 4.69) is 130 Å². The minimum absolute atomic E-state index is 0.364. The van der Waals surface area contributed by atoms with Gasteiger partial charge in [-0.25, -0.2) is 0 Å². The minimum atomic E-state index is -4.30. The molecule has 5 aromatic rings. The summed E-state index contributed by atoms with van der Waals surface area (Å²) in [7, 11) is 3.91. The first kappa shape index (κ1) is 20.9. The molecule has 42 heavy (non-hydrogen) atoms. The zero-order valence-electron chi connectivity index (χ0n) is 25.4. The van der Waals surface area contributed by atoms with E-state index < -0.39 is 6.51 Å². The molecule has 1 spiro atoms. The topological polar surface area (TPSA) is 0 Å².